The van der Waals surface area contributed by atoms with Crippen molar-refractivity contribution in [2.75, 3.05) is 18.4 Å². The Labute approximate surface area is 158 Å². The fraction of sp³-hybridized carbons (Fsp3) is 0.526. The molecule has 2 aliphatic rings. The Morgan fingerprint density at radius 3 is 2.96 bits per heavy atom. The van der Waals surface area contributed by atoms with Gasteiger partial charge in [0.25, 0.3) is 0 Å². The van der Waals surface area contributed by atoms with Crippen LogP contribution in [-0.4, -0.2) is 33.8 Å². The quantitative estimate of drug-likeness (QED) is 0.815. The van der Waals surface area contributed by atoms with Crippen molar-refractivity contribution in [3.63, 3.8) is 0 Å². The SMILES string of the molecule is O=C(CNCC1CC1)Nc1ccc(Cl)c(-c2nnc3n2CCCCC3)c1. The molecule has 1 amide bonds. The summed E-state index contributed by atoms with van der Waals surface area (Å²) in [7, 11) is 0. The third-order valence-corrected chi connectivity index (χ3v) is 5.35. The van der Waals surface area contributed by atoms with Crippen LogP contribution in [0.2, 0.25) is 5.02 Å². The number of benzene rings is 1. The highest BCUT2D eigenvalue weighted by molar-refractivity contribution is 6.33. The van der Waals surface area contributed by atoms with E-state index in [0.717, 1.165) is 61.2 Å². The van der Waals surface area contributed by atoms with Gasteiger partial charge in [0.15, 0.2) is 5.82 Å². The maximum Gasteiger partial charge on any atom is 0.238 e. The maximum atomic E-state index is 12.1. The standard InChI is InChI=1S/C19H24ClN5O/c20-16-8-7-14(22-18(26)12-21-11-13-5-6-13)10-15(16)19-24-23-17-4-2-1-3-9-25(17)19/h7-8,10,13,21H,1-6,9,11-12H2,(H,22,26). The number of nitrogens with one attached hydrogen (secondary N) is 2. The molecule has 26 heavy (non-hydrogen) atoms. The summed E-state index contributed by atoms with van der Waals surface area (Å²) in [5, 5.41) is 15.5. The van der Waals surface area contributed by atoms with E-state index < -0.39 is 0 Å². The topological polar surface area (TPSA) is 71.8 Å². The minimum absolute atomic E-state index is 0.0426. The van der Waals surface area contributed by atoms with E-state index in [9.17, 15) is 4.79 Å². The largest absolute Gasteiger partial charge is 0.325 e. The summed E-state index contributed by atoms with van der Waals surface area (Å²) >= 11 is 6.43. The van der Waals surface area contributed by atoms with Crippen molar-refractivity contribution in [3.8, 4) is 11.4 Å². The molecule has 2 heterocycles. The van der Waals surface area contributed by atoms with Gasteiger partial charge in [-0.15, -0.1) is 10.2 Å². The number of amides is 1. The molecule has 1 aliphatic carbocycles. The van der Waals surface area contributed by atoms with Gasteiger partial charge >= 0.3 is 0 Å². The number of aryl methyl sites for hydroxylation is 1. The first-order chi connectivity index (χ1) is 12.7. The lowest BCUT2D eigenvalue weighted by atomic mass is 10.1. The number of hydrogen-bond donors (Lipinski definition) is 2. The highest BCUT2D eigenvalue weighted by atomic mass is 35.5. The summed E-state index contributed by atoms with van der Waals surface area (Å²) in [4.78, 5) is 12.1. The lowest BCUT2D eigenvalue weighted by Crippen LogP contribution is -2.29. The summed E-state index contributed by atoms with van der Waals surface area (Å²) in [5.41, 5.74) is 1.55. The van der Waals surface area contributed by atoms with Gasteiger partial charge in [-0.1, -0.05) is 18.0 Å². The molecule has 2 aromatic rings. The summed E-state index contributed by atoms with van der Waals surface area (Å²) < 4.78 is 2.16. The summed E-state index contributed by atoms with van der Waals surface area (Å²) in [6, 6.07) is 5.52. The van der Waals surface area contributed by atoms with Gasteiger partial charge < -0.3 is 15.2 Å². The van der Waals surface area contributed by atoms with Gasteiger partial charge in [-0.3, -0.25) is 4.79 Å². The number of halogens is 1. The summed E-state index contributed by atoms with van der Waals surface area (Å²) in [5.74, 6) is 2.52. The smallest absolute Gasteiger partial charge is 0.238 e. The Bertz CT molecular complexity index is 799. The zero-order valence-corrected chi connectivity index (χ0v) is 15.6. The van der Waals surface area contributed by atoms with Gasteiger partial charge in [0.2, 0.25) is 5.91 Å². The van der Waals surface area contributed by atoms with Crippen LogP contribution in [0.25, 0.3) is 11.4 Å². The van der Waals surface area contributed by atoms with E-state index in [2.05, 4.69) is 25.4 Å². The second kappa shape index (κ2) is 7.76. The average Bonchev–Trinajstić information content (AvgIpc) is 3.41. The van der Waals surface area contributed by atoms with Crippen molar-refractivity contribution >= 4 is 23.2 Å². The van der Waals surface area contributed by atoms with Crippen LogP contribution in [0.3, 0.4) is 0 Å². The van der Waals surface area contributed by atoms with Crippen LogP contribution < -0.4 is 10.6 Å². The third kappa shape index (κ3) is 4.07. The van der Waals surface area contributed by atoms with Crippen LogP contribution in [-0.2, 0) is 17.8 Å². The Morgan fingerprint density at radius 2 is 2.12 bits per heavy atom. The summed E-state index contributed by atoms with van der Waals surface area (Å²) in [6.07, 6.45) is 6.98. The number of nitrogens with zero attached hydrogens (tertiary/aromatic N) is 3. The second-order valence-corrected chi connectivity index (χ2v) is 7.63. The van der Waals surface area contributed by atoms with Gasteiger partial charge in [0.1, 0.15) is 5.82 Å². The van der Waals surface area contributed by atoms with E-state index in [0.29, 0.717) is 11.6 Å². The molecule has 1 aromatic carbocycles. The number of fused-ring (bicyclic) bond motifs is 1. The first kappa shape index (κ1) is 17.5. The lowest BCUT2D eigenvalue weighted by molar-refractivity contribution is -0.115. The van der Waals surface area contributed by atoms with Crippen molar-refractivity contribution in [1.29, 1.82) is 0 Å². The van der Waals surface area contributed by atoms with Crippen LogP contribution in [0.1, 0.15) is 37.9 Å². The number of hydrogen-bond acceptors (Lipinski definition) is 4. The fourth-order valence-electron chi connectivity index (χ4n) is 3.38. The van der Waals surface area contributed by atoms with E-state index in [1.165, 1.54) is 19.3 Å². The van der Waals surface area contributed by atoms with E-state index >= 15 is 0 Å². The minimum Gasteiger partial charge on any atom is -0.325 e. The molecule has 6 nitrogen and oxygen atoms in total. The molecular formula is C19H24ClN5O. The third-order valence-electron chi connectivity index (χ3n) is 5.02. The molecule has 0 bridgehead atoms. The second-order valence-electron chi connectivity index (χ2n) is 7.22. The zero-order chi connectivity index (χ0) is 17.9. The first-order valence-electron chi connectivity index (χ1n) is 9.43. The van der Waals surface area contributed by atoms with Crippen molar-refractivity contribution in [2.45, 2.75) is 45.1 Å². The Morgan fingerprint density at radius 1 is 1.23 bits per heavy atom. The monoisotopic (exact) mass is 373 g/mol. The van der Waals surface area contributed by atoms with Gasteiger partial charge in [0, 0.05) is 24.2 Å². The van der Waals surface area contributed by atoms with Crippen LogP contribution in [0.15, 0.2) is 18.2 Å². The van der Waals surface area contributed by atoms with E-state index in [1.807, 2.05) is 18.2 Å². The Balaban J connectivity index is 1.49. The van der Waals surface area contributed by atoms with Gasteiger partial charge in [0.05, 0.1) is 11.6 Å². The zero-order valence-electron chi connectivity index (χ0n) is 14.8. The van der Waals surface area contributed by atoms with Crippen LogP contribution in [0, 0.1) is 5.92 Å². The molecule has 7 heteroatoms. The van der Waals surface area contributed by atoms with E-state index in [4.69, 9.17) is 11.6 Å². The average molecular weight is 374 g/mol. The minimum atomic E-state index is -0.0426. The molecule has 0 radical (unpaired) electrons. The van der Waals surface area contributed by atoms with E-state index in [1.54, 1.807) is 0 Å². The predicted octanol–water partition coefficient (Wildman–Crippen LogP) is 3.26. The van der Waals surface area contributed by atoms with E-state index in [-0.39, 0.29) is 5.91 Å². The van der Waals surface area contributed by atoms with Crippen LogP contribution >= 0.6 is 11.6 Å². The number of aromatic nitrogens is 3. The first-order valence-corrected chi connectivity index (χ1v) is 9.81. The molecule has 0 atom stereocenters. The highest BCUT2D eigenvalue weighted by Gasteiger charge is 2.21. The highest BCUT2D eigenvalue weighted by Crippen LogP contribution is 2.31. The Kier molecular flexibility index (Phi) is 5.22. The fourth-order valence-corrected chi connectivity index (χ4v) is 3.58. The molecule has 1 aromatic heterocycles. The molecule has 1 fully saturated rings. The van der Waals surface area contributed by atoms with Crippen LogP contribution in [0.5, 0.6) is 0 Å². The molecule has 138 valence electrons. The molecule has 1 aliphatic heterocycles. The molecule has 1 saturated carbocycles. The van der Waals surface area contributed by atoms with Crippen molar-refractivity contribution in [2.24, 2.45) is 5.92 Å². The van der Waals surface area contributed by atoms with Gasteiger partial charge in [-0.2, -0.15) is 0 Å². The Hall–Kier alpha value is -1.92. The normalized spacial score (nSPS) is 16.8. The predicted molar refractivity (Wildman–Crippen MR) is 102 cm³/mol. The van der Waals surface area contributed by atoms with Crippen molar-refractivity contribution in [3.05, 3.63) is 29.0 Å². The van der Waals surface area contributed by atoms with Crippen LogP contribution in [0.4, 0.5) is 5.69 Å². The molecule has 0 saturated heterocycles. The van der Waals surface area contributed by atoms with Crippen molar-refractivity contribution < 1.29 is 4.79 Å². The molecular weight excluding hydrogens is 350 g/mol. The maximum absolute atomic E-state index is 12.1. The number of anilines is 1. The molecule has 0 spiro atoms. The molecule has 0 unspecified atom stereocenters. The van der Waals surface area contributed by atoms with Crippen molar-refractivity contribution in [1.82, 2.24) is 20.1 Å². The lowest BCUT2D eigenvalue weighted by Gasteiger charge is -2.11. The van der Waals surface area contributed by atoms with Gasteiger partial charge in [-0.05, 0) is 56.3 Å². The molecule has 2 N–H and O–H groups in total. The number of carbonyl (C=O) groups is 1. The molecule has 4 rings (SSSR count). The van der Waals surface area contributed by atoms with Gasteiger partial charge in [-0.25, -0.2) is 0 Å². The number of rotatable bonds is 6. The number of carbonyl (C=O) groups excluding carboxylic acids is 1. The summed E-state index contributed by atoms with van der Waals surface area (Å²) in [6.45, 7) is 2.16.